The van der Waals surface area contributed by atoms with E-state index in [9.17, 15) is 4.39 Å². The number of nitrogens with one attached hydrogen (secondary N) is 1. The second-order valence-electron chi connectivity index (χ2n) is 3.81. The summed E-state index contributed by atoms with van der Waals surface area (Å²) in [6.07, 6.45) is 1.64. The Bertz CT molecular complexity index is 579. The third kappa shape index (κ3) is 2.66. The monoisotopic (exact) mass is 285 g/mol. The fraction of sp³-hybridized carbons (Fsp3) is 0.0833. The van der Waals surface area contributed by atoms with Crippen LogP contribution in [0.2, 0.25) is 10.0 Å². The van der Waals surface area contributed by atoms with Crippen LogP contribution in [-0.2, 0) is 0 Å². The zero-order chi connectivity index (χ0) is 13.3. The molecular formula is C12H10Cl2FN3. The molecule has 0 unspecified atom stereocenters. The number of halogens is 3. The smallest absolute Gasteiger partial charge is 0.160 e. The molecule has 0 aliphatic rings. The number of pyridine rings is 1. The number of nitrogens with two attached hydrogens (primary N) is 1. The molecule has 0 saturated carbocycles. The second kappa shape index (κ2) is 5.00. The molecule has 3 N–H and O–H groups in total. The van der Waals surface area contributed by atoms with Gasteiger partial charge in [0.1, 0.15) is 5.82 Å². The molecular weight excluding hydrogens is 276 g/mol. The lowest BCUT2D eigenvalue weighted by atomic mass is 10.2. The Labute approximate surface area is 114 Å². The van der Waals surface area contributed by atoms with Crippen molar-refractivity contribution in [1.82, 2.24) is 4.98 Å². The van der Waals surface area contributed by atoms with E-state index < -0.39 is 5.82 Å². The van der Waals surface area contributed by atoms with Crippen molar-refractivity contribution in [2.75, 3.05) is 11.1 Å². The fourth-order valence-corrected chi connectivity index (χ4v) is 1.87. The fourth-order valence-electron chi connectivity index (χ4n) is 1.38. The van der Waals surface area contributed by atoms with Crippen LogP contribution >= 0.6 is 23.2 Å². The third-order valence-corrected chi connectivity index (χ3v) is 2.95. The van der Waals surface area contributed by atoms with Gasteiger partial charge in [-0.1, -0.05) is 23.2 Å². The quantitative estimate of drug-likeness (QED) is 0.815. The maximum Gasteiger partial charge on any atom is 0.160 e. The van der Waals surface area contributed by atoms with E-state index in [1.807, 2.05) is 6.92 Å². The van der Waals surface area contributed by atoms with Gasteiger partial charge < -0.3 is 11.1 Å². The summed E-state index contributed by atoms with van der Waals surface area (Å²) in [5.41, 5.74) is 7.81. The van der Waals surface area contributed by atoms with Gasteiger partial charge in [-0.2, -0.15) is 0 Å². The van der Waals surface area contributed by atoms with E-state index in [1.54, 1.807) is 12.3 Å². The first-order valence-electron chi connectivity index (χ1n) is 5.11. The molecule has 0 spiro atoms. The van der Waals surface area contributed by atoms with E-state index in [2.05, 4.69) is 10.3 Å². The molecule has 0 aliphatic heterocycles. The van der Waals surface area contributed by atoms with Crippen LogP contribution in [0.1, 0.15) is 5.56 Å². The van der Waals surface area contributed by atoms with Crippen LogP contribution < -0.4 is 11.1 Å². The van der Waals surface area contributed by atoms with Gasteiger partial charge in [0.2, 0.25) is 0 Å². The Morgan fingerprint density at radius 1 is 1.22 bits per heavy atom. The molecule has 0 atom stereocenters. The first kappa shape index (κ1) is 12.9. The summed E-state index contributed by atoms with van der Waals surface area (Å²) in [6.45, 7) is 1.86. The number of benzene rings is 1. The summed E-state index contributed by atoms with van der Waals surface area (Å²) in [5, 5.41) is 2.85. The molecule has 94 valence electrons. The summed E-state index contributed by atoms with van der Waals surface area (Å²) in [7, 11) is 0. The predicted octanol–water partition coefficient (Wildman–Crippen LogP) is 4.16. The summed E-state index contributed by atoms with van der Waals surface area (Å²) in [6, 6.07) is 4.54. The molecule has 1 aromatic heterocycles. The van der Waals surface area contributed by atoms with Crippen molar-refractivity contribution >= 4 is 40.4 Å². The van der Waals surface area contributed by atoms with Gasteiger partial charge in [-0.05, 0) is 24.6 Å². The third-order valence-electron chi connectivity index (χ3n) is 2.40. The SMILES string of the molecule is Cc1cnc(Nc2cc(Cl)c(F)c(Cl)c2)cc1N. The molecule has 0 amide bonds. The molecule has 0 saturated heterocycles. The lowest BCUT2D eigenvalue weighted by Gasteiger charge is -2.09. The highest BCUT2D eigenvalue weighted by molar-refractivity contribution is 6.35. The minimum Gasteiger partial charge on any atom is -0.398 e. The van der Waals surface area contributed by atoms with Crippen molar-refractivity contribution in [3.05, 3.63) is 45.8 Å². The molecule has 0 aliphatic carbocycles. The van der Waals surface area contributed by atoms with E-state index in [0.717, 1.165) is 5.56 Å². The Morgan fingerprint density at radius 2 is 1.83 bits per heavy atom. The van der Waals surface area contributed by atoms with Gasteiger partial charge in [-0.15, -0.1) is 0 Å². The number of hydrogen-bond acceptors (Lipinski definition) is 3. The molecule has 0 bridgehead atoms. The minimum absolute atomic E-state index is 0.0508. The molecule has 2 rings (SSSR count). The predicted molar refractivity (Wildman–Crippen MR) is 73.1 cm³/mol. The van der Waals surface area contributed by atoms with Gasteiger partial charge in [-0.25, -0.2) is 9.37 Å². The van der Waals surface area contributed by atoms with Crippen LogP contribution in [-0.4, -0.2) is 4.98 Å². The van der Waals surface area contributed by atoms with Crippen LogP contribution in [0.3, 0.4) is 0 Å². The Morgan fingerprint density at radius 3 is 2.39 bits per heavy atom. The number of nitrogen functional groups attached to an aromatic ring is 1. The first-order chi connectivity index (χ1) is 8.47. The van der Waals surface area contributed by atoms with Crippen molar-refractivity contribution in [1.29, 1.82) is 0 Å². The van der Waals surface area contributed by atoms with Crippen molar-refractivity contribution in [2.24, 2.45) is 0 Å². The van der Waals surface area contributed by atoms with Gasteiger partial charge in [0.15, 0.2) is 5.82 Å². The van der Waals surface area contributed by atoms with Crippen molar-refractivity contribution in [2.45, 2.75) is 6.92 Å². The van der Waals surface area contributed by atoms with Gasteiger partial charge in [0, 0.05) is 23.6 Å². The second-order valence-corrected chi connectivity index (χ2v) is 4.62. The molecule has 6 heteroatoms. The summed E-state index contributed by atoms with van der Waals surface area (Å²) in [5.74, 6) is -0.0999. The molecule has 2 aromatic rings. The lowest BCUT2D eigenvalue weighted by molar-refractivity contribution is 0.629. The van der Waals surface area contributed by atoms with Crippen molar-refractivity contribution in [3.8, 4) is 0 Å². The molecule has 1 aromatic carbocycles. The highest BCUT2D eigenvalue weighted by Gasteiger charge is 2.08. The van der Waals surface area contributed by atoms with Crippen LogP contribution in [0.25, 0.3) is 0 Å². The molecule has 3 nitrogen and oxygen atoms in total. The van der Waals surface area contributed by atoms with Crippen LogP contribution in [0, 0.1) is 12.7 Å². The normalized spacial score (nSPS) is 10.4. The topological polar surface area (TPSA) is 50.9 Å². The average molecular weight is 286 g/mol. The van der Waals surface area contributed by atoms with Crippen LogP contribution in [0.5, 0.6) is 0 Å². The largest absolute Gasteiger partial charge is 0.398 e. The zero-order valence-corrected chi connectivity index (χ0v) is 11.0. The van der Waals surface area contributed by atoms with E-state index >= 15 is 0 Å². The van der Waals surface area contributed by atoms with Gasteiger partial charge in [-0.3, -0.25) is 0 Å². The summed E-state index contributed by atoms with van der Waals surface area (Å²) >= 11 is 11.4. The Hall–Kier alpha value is -1.52. The number of rotatable bonds is 2. The zero-order valence-electron chi connectivity index (χ0n) is 9.47. The van der Waals surface area contributed by atoms with Crippen molar-refractivity contribution < 1.29 is 4.39 Å². The number of aryl methyl sites for hydroxylation is 1. The number of anilines is 3. The summed E-state index contributed by atoms with van der Waals surface area (Å²) in [4.78, 5) is 4.15. The molecule has 0 radical (unpaired) electrons. The number of aromatic nitrogens is 1. The van der Waals surface area contributed by atoms with Crippen LogP contribution in [0.15, 0.2) is 24.4 Å². The number of hydrogen-bond donors (Lipinski definition) is 2. The standard InChI is InChI=1S/C12H10Cl2FN3/c1-6-5-17-11(4-10(6)16)18-7-2-8(13)12(15)9(14)3-7/h2-5H,1H3,(H3,16,17,18). The maximum absolute atomic E-state index is 13.2. The van der Waals surface area contributed by atoms with E-state index in [0.29, 0.717) is 17.2 Å². The molecule has 18 heavy (non-hydrogen) atoms. The highest BCUT2D eigenvalue weighted by atomic mass is 35.5. The van der Waals surface area contributed by atoms with Gasteiger partial charge >= 0.3 is 0 Å². The van der Waals surface area contributed by atoms with E-state index in [-0.39, 0.29) is 10.0 Å². The maximum atomic E-state index is 13.2. The van der Waals surface area contributed by atoms with Gasteiger partial charge in [0.25, 0.3) is 0 Å². The number of nitrogens with zero attached hydrogens (tertiary/aromatic N) is 1. The van der Waals surface area contributed by atoms with E-state index in [1.165, 1.54) is 12.1 Å². The minimum atomic E-state index is -0.639. The summed E-state index contributed by atoms with van der Waals surface area (Å²) < 4.78 is 13.2. The Kier molecular flexibility index (Phi) is 3.59. The van der Waals surface area contributed by atoms with E-state index in [4.69, 9.17) is 28.9 Å². The van der Waals surface area contributed by atoms with Crippen LogP contribution in [0.4, 0.5) is 21.6 Å². The first-order valence-corrected chi connectivity index (χ1v) is 5.86. The van der Waals surface area contributed by atoms with Gasteiger partial charge in [0.05, 0.1) is 10.0 Å². The van der Waals surface area contributed by atoms with Crippen molar-refractivity contribution in [3.63, 3.8) is 0 Å². The molecule has 1 heterocycles. The Balaban J connectivity index is 2.31. The molecule has 0 fully saturated rings. The lowest BCUT2D eigenvalue weighted by Crippen LogP contribution is -1.98. The highest BCUT2D eigenvalue weighted by Crippen LogP contribution is 2.29. The average Bonchev–Trinajstić information content (AvgIpc) is 2.31.